The second kappa shape index (κ2) is 11.4. The molecule has 2 atom stereocenters. The van der Waals surface area contributed by atoms with Crippen molar-refractivity contribution in [2.24, 2.45) is 11.8 Å². The first-order chi connectivity index (χ1) is 19.0. The van der Waals surface area contributed by atoms with Gasteiger partial charge in [0.15, 0.2) is 0 Å². The molecule has 218 valence electrons. The number of carbonyl (C=O) groups is 3. The molecule has 2 saturated heterocycles. The van der Waals surface area contributed by atoms with Crippen molar-refractivity contribution in [2.75, 3.05) is 45.9 Å². The number of fused-ring (bicyclic) bond motifs is 1. The van der Waals surface area contributed by atoms with Crippen molar-refractivity contribution in [3.8, 4) is 0 Å². The molecule has 5 rings (SSSR count). The van der Waals surface area contributed by atoms with Gasteiger partial charge in [-0.25, -0.2) is 9.78 Å². The van der Waals surface area contributed by atoms with Crippen LogP contribution in [0.3, 0.4) is 0 Å². The number of rotatable bonds is 6. The number of likely N-dealkylation sites (tertiary alicyclic amines) is 1. The topological polar surface area (TPSA) is 97.2 Å². The average molecular weight is 554 g/mol. The third kappa shape index (κ3) is 6.27. The summed E-state index contributed by atoms with van der Waals surface area (Å²) < 4.78 is 13.3. The minimum atomic E-state index is -0.670. The molecule has 2 aliphatic heterocycles. The number of carbonyl (C=O) groups excluding carboxylic acids is 3. The fraction of sp³-hybridized carbons (Fsp3) is 0.667. The molecule has 1 aliphatic carbocycles. The van der Waals surface area contributed by atoms with E-state index < -0.39 is 17.6 Å². The maximum Gasteiger partial charge on any atom is 0.410 e. The summed E-state index contributed by atoms with van der Waals surface area (Å²) in [5, 5.41) is 0. The molecule has 10 nitrogen and oxygen atoms in total. The second-order valence-corrected chi connectivity index (χ2v) is 12.8. The maximum atomic E-state index is 14.4. The molecule has 2 aromatic rings. The summed E-state index contributed by atoms with van der Waals surface area (Å²) >= 11 is 0. The zero-order chi connectivity index (χ0) is 28.6. The number of benzene rings is 1. The molecule has 1 aromatic carbocycles. The summed E-state index contributed by atoms with van der Waals surface area (Å²) in [6, 6.07) is 7.80. The Labute approximate surface area is 236 Å². The van der Waals surface area contributed by atoms with E-state index in [9.17, 15) is 14.4 Å². The first-order valence-electron chi connectivity index (χ1n) is 14.6. The predicted molar refractivity (Wildman–Crippen MR) is 151 cm³/mol. The minimum absolute atomic E-state index is 0.00345. The van der Waals surface area contributed by atoms with E-state index in [-0.39, 0.29) is 36.4 Å². The molecule has 0 bridgehead atoms. The molecule has 0 spiro atoms. The van der Waals surface area contributed by atoms with Gasteiger partial charge in [-0.15, -0.1) is 0 Å². The van der Waals surface area contributed by atoms with Crippen molar-refractivity contribution in [2.45, 2.75) is 71.6 Å². The number of morpholine rings is 1. The van der Waals surface area contributed by atoms with Crippen LogP contribution in [0.1, 0.15) is 70.5 Å². The molecule has 1 aromatic heterocycles. The lowest BCUT2D eigenvalue weighted by molar-refractivity contribution is -0.142. The normalized spacial score (nSPS) is 22.1. The molecule has 40 heavy (non-hydrogen) atoms. The van der Waals surface area contributed by atoms with Crippen molar-refractivity contribution in [3.05, 3.63) is 30.1 Å². The van der Waals surface area contributed by atoms with Gasteiger partial charge in [-0.1, -0.05) is 26.0 Å². The number of amides is 3. The Kier molecular flexibility index (Phi) is 8.08. The van der Waals surface area contributed by atoms with E-state index in [2.05, 4.69) is 18.4 Å². The number of imidazole rings is 1. The minimum Gasteiger partial charge on any atom is -0.444 e. The fourth-order valence-corrected chi connectivity index (χ4v) is 5.81. The van der Waals surface area contributed by atoms with Crippen LogP contribution < -0.4 is 0 Å². The summed E-state index contributed by atoms with van der Waals surface area (Å²) in [7, 11) is 0. The molecule has 0 radical (unpaired) electrons. The summed E-state index contributed by atoms with van der Waals surface area (Å²) in [4.78, 5) is 51.5. The van der Waals surface area contributed by atoms with Crippen LogP contribution >= 0.6 is 0 Å². The van der Waals surface area contributed by atoms with E-state index in [4.69, 9.17) is 14.5 Å². The first-order valence-corrected chi connectivity index (χ1v) is 14.6. The molecular formula is C30H43N5O5. The standard InChI is InChI=1S/C30H43N5O5/c1-20(2)17-34(28(37)26-31-24-8-6-7-9-25(24)35(26)22-10-11-22)23-16-21(27(36)32-12-14-39-15-13-32)18-33(19-23)29(38)40-30(3,4)5/h6-9,20-23H,10-19H2,1-5H3/t21-,23+/m1/s1. The van der Waals surface area contributed by atoms with E-state index in [0.717, 1.165) is 23.9 Å². The van der Waals surface area contributed by atoms with Gasteiger partial charge in [0.25, 0.3) is 5.91 Å². The van der Waals surface area contributed by atoms with Crippen molar-refractivity contribution in [1.82, 2.24) is 24.3 Å². The number of hydrogen-bond acceptors (Lipinski definition) is 6. The van der Waals surface area contributed by atoms with Gasteiger partial charge in [-0.05, 0) is 58.1 Å². The lowest BCUT2D eigenvalue weighted by atomic mass is 9.91. The molecule has 3 aliphatic rings. The van der Waals surface area contributed by atoms with Crippen molar-refractivity contribution < 1.29 is 23.9 Å². The van der Waals surface area contributed by atoms with Gasteiger partial charge >= 0.3 is 6.09 Å². The highest BCUT2D eigenvalue weighted by Crippen LogP contribution is 2.39. The third-order valence-electron chi connectivity index (χ3n) is 7.71. The largest absolute Gasteiger partial charge is 0.444 e. The Bertz CT molecular complexity index is 1240. The van der Waals surface area contributed by atoms with E-state index in [1.165, 1.54) is 0 Å². The Hall–Kier alpha value is -3.14. The monoisotopic (exact) mass is 553 g/mol. The number of piperidine rings is 1. The van der Waals surface area contributed by atoms with Crippen LogP contribution in [0.15, 0.2) is 24.3 Å². The summed E-state index contributed by atoms with van der Waals surface area (Å²) in [5.74, 6) is 0.0472. The number of aromatic nitrogens is 2. The highest BCUT2D eigenvalue weighted by Gasteiger charge is 2.42. The van der Waals surface area contributed by atoms with Crippen molar-refractivity contribution >= 4 is 28.9 Å². The number of ether oxygens (including phenoxy) is 2. The number of hydrogen-bond donors (Lipinski definition) is 0. The van der Waals surface area contributed by atoms with Gasteiger partial charge in [-0.2, -0.15) is 0 Å². The first kappa shape index (κ1) is 28.4. The summed E-state index contributed by atoms with van der Waals surface area (Å²) in [6.07, 6.45) is 2.07. The fourth-order valence-electron chi connectivity index (χ4n) is 5.81. The Morgan fingerprint density at radius 1 is 1.07 bits per heavy atom. The van der Waals surface area contributed by atoms with Gasteiger partial charge in [0.1, 0.15) is 5.60 Å². The number of nitrogens with zero attached hydrogens (tertiary/aromatic N) is 5. The summed E-state index contributed by atoms with van der Waals surface area (Å²) in [6.45, 7) is 12.8. The maximum absolute atomic E-state index is 14.4. The van der Waals surface area contributed by atoms with E-state index in [1.807, 2.05) is 54.8 Å². The highest BCUT2D eigenvalue weighted by molar-refractivity contribution is 5.95. The lowest BCUT2D eigenvalue weighted by Crippen LogP contribution is -2.58. The molecular weight excluding hydrogens is 510 g/mol. The molecule has 3 amide bonds. The van der Waals surface area contributed by atoms with Crippen LogP contribution in [0.4, 0.5) is 4.79 Å². The van der Waals surface area contributed by atoms with Gasteiger partial charge < -0.3 is 28.7 Å². The van der Waals surface area contributed by atoms with Crippen molar-refractivity contribution in [1.29, 1.82) is 0 Å². The van der Waals surface area contributed by atoms with Crippen LogP contribution in [0, 0.1) is 11.8 Å². The van der Waals surface area contributed by atoms with Gasteiger partial charge in [0.2, 0.25) is 11.7 Å². The van der Waals surface area contributed by atoms with Crippen LogP contribution in [0.2, 0.25) is 0 Å². The molecule has 1 saturated carbocycles. The van der Waals surface area contributed by atoms with Crippen LogP contribution in [-0.4, -0.2) is 99.7 Å². The molecule has 10 heteroatoms. The van der Waals surface area contributed by atoms with Crippen LogP contribution in [0.5, 0.6) is 0 Å². The Morgan fingerprint density at radius 3 is 2.42 bits per heavy atom. The van der Waals surface area contributed by atoms with Crippen molar-refractivity contribution in [3.63, 3.8) is 0 Å². The van der Waals surface area contributed by atoms with E-state index in [1.54, 1.807) is 4.90 Å². The predicted octanol–water partition coefficient (Wildman–Crippen LogP) is 3.95. The second-order valence-electron chi connectivity index (χ2n) is 12.8. The third-order valence-corrected chi connectivity index (χ3v) is 7.71. The SMILES string of the molecule is CC(C)CN(C(=O)c1nc2ccccc2n1C1CC1)[C@H]1C[C@@H](C(=O)N2CCOCC2)CN(C(=O)OC(C)(C)C)C1. The lowest BCUT2D eigenvalue weighted by Gasteiger charge is -2.44. The van der Waals surface area contributed by atoms with Gasteiger partial charge in [-0.3, -0.25) is 9.59 Å². The summed E-state index contributed by atoms with van der Waals surface area (Å²) in [5.41, 5.74) is 1.11. The zero-order valence-electron chi connectivity index (χ0n) is 24.5. The molecule has 0 N–H and O–H groups in total. The van der Waals surface area contributed by atoms with Gasteiger partial charge in [0, 0.05) is 38.8 Å². The molecule has 3 fully saturated rings. The van der Waals surface area contributed by atoms with Crippen LogP contribution in [-0.2, 0) is 14.3 Å². The van der Waals surface area contributed by atoms with E-state index in [0.29, 0.717) is 51.6 Å². The Balaban J connectivity index is 1.48. The average Bonchev–Trinajstić information content (AvgIpc) is 3.69. The highest BCUT2D eigenvalue weighted by atomic mass is 16.6. The van der Waals surface area contributed by atoms with E-state index >= 15 is 0 Å². The van der Waals surface area contributed by atoms with Crippen LogP contribution in [0.25, 0.3) is 11.0 Å². The molecule has 3 heterocycles. The van der Waals surface area contributed by atoms with Gasteiger partial charge in [0.05, 0.1) is 36.2 Å². The quantitative estimate of drug-likeness (QED) is 0.537. The zero-order valence-corrected chi connectivity index (χ0v) is 24.5. The smallest absolute Gasteiger partial charge is 0.410 e. The molecule has 0 unspecified atom stereocenters. The number of para-hydroxylation sites is 2. The Morgan fingerprint density at radius 2 is 1.77 bits per heavy atom.